The summed E-state index contributed by atoms with van der Waals surface area (Å²) in [5.74, 6) is -1.53. The number of carboxylic acids is 1. The van der Waals surface area contributed by atoms with Gasteiger partial charge in [0.25, 0.3) is 0 Å². The van der Waals surface area contributed by atoms with Crippen molar-refractivity contribution in [3.05, 3.63) is 0 Å². The molecule has 0 heterocycles. The Balaban J connectivity index is 0.00000625. The second-order valence-corrected chi connectivity index (χ2v) is 8.04. The molecule has 0 aromatic rings. The van der Waals surface area contributed by atoms with Gasteiger partial charge in [0.05, 0.1) is 12.0 Å². The van der Waals surface area contributed by atoms with E-state index >= 15 is 0 Å². The molecule has 1 saturated carbocycles. The number of nitrogens with one attached hydrogen (secondary N) is 2. The van der Waals surface area contributed by atoms with Gasteiger partial charge in [-0.2, -0.15) is 0 Å². The van der Waals surface area contributed by atoms with E-state index in [-0.39, 0.29) is 53.2 Å². The summed E-state index contributed by atoms with van der Waals surface area (Å²) in [5.41, 5.74) is 0. The van der Waals surface area contributed by atoms with E-state index < -0.39 is 24.0 Å². The number of carbonyl (C=O) groups excluding carboxylic acids is 3. The minimum Gasteiger partial charge on any atom is -0.548 e. The number of carbonyl (C=O) groups is 3. The van der Waals surface area contributed by atoms with Gasteiger partial charge in [-0.15, -0.1) is 0 Å². The van der Waals surface area contributed by atoms with Gasteiger partial charge < -0.3 is 20.5 Å². The van der Waals surface area contributed by atoms with Gasteiger partial charge in [-0.05, 0) is 37.5 Å². The Bertz CT molecular complexity index is 462. The second-order valence-electron chi connectivity index (χ2n) is 8.04. The third-order valence-electron chi connectivity index (χ3n) is 4.62. The van der Waals surface area contributed by atoms with E-state index in [0.717, 1.165) is 32.1 Å². The van der Waals surface area contributed by atoms with E-state index in [1.165, 1.54) is 0 Å². The average Bonchev–Trinajstić information content (AvgIpc) is 2.53. The van der Waals surface area contributed by atoms with Gasteiger partial charge in [0, 0.05) is 5.92 Å². The second kappa shape index (κ2) is 12.7. The molecule has 2 N–H and O–H groups in total. The van der Waals surface area contributed by atoms with E-state index in [1.54, 1.807) is 0 Å². The Hall–Kier alpha value is -0.590. The van der Waals surface area contributed by atoms with Crippen molar-refractivity contribution in [3.63, 3.8) is 0 Å². The first kappa shape index (κ1) is 25.4. The maximum absolute atomic E-state index is 12.6. The molecule has 0 aromatic carbocycles. The van der Waals surface area contributed by atoms with Crippen molar-refractivity contribution in [1.82, 2.24) is 10.6 Å². The third kappa shape index (κ3) is 9.38. The molecule has 2 amide bonds. The van der Waals surface area contributed by atoms with Crippen molar-refractivity contribution in [2.45, 2.75) is 84.7 Å². The van der Waals surface area contributed by atoms with Crippen LogP contribution in [0.3, 0.4) is 0 Å². The molecule has 1 aliphatic rings. The largest absolute Gasteiger partial charge is 1.00 e. The number of hydrogen-bond acceptors (Lipinski definition) is 4. The monoisotopic (exact) mass is 376 g/mol. The number of hydrogen-bond donors (Lipinski definition) is 2. The van der Waals surface area contributed by atoms with E-state index in [4.69, 9.17) is 0 Å². The van der Waals surface area contributed by atoms with Gasteiger partial charge in [-0.25, -0.2) is 0 Å². The molecule has 0 spiro atoms. The van der Waals surface area contributed by atoms with Gasteiger partial charge in [-0.3, -0.25) is 9.59 Å². The standard InChI is InChI=1S/C19H34N2O4.Na/c1-12(2)10-15(20-17(22)14-8-6-5-7-9-14)18(23)21-16(19(24)25)11-13(3)4;/h12-16H,5-11H2,1-4H3,(H,20,22)(H,21,23)(H,24,25);/q;+1/p-1/t15-,16-;/m0./s1. The smallest absolute Gasteiger partial charge is 0.548 e. The molecule has 0 radical (unpaired) electrons. The van der Waals surface area contributed by atoms with E-state index in [0.29, 0.717) is 12.8 Å². The van der Waals surface area contributed by atoms with Crippen LogP contribution in [0.4, 0.5) is 0 Å². The van der Waals surface area contributed by atoms with Crippen molar-refractivity contribution < 1.29 is 49.0 Å². The topological polar surface area (TPSA) is 98.3 Å². The van der Waals surface area contributed by atoms with Crippen molar-refractivity contribution in [3.8, 4) is 0 Å². The molecule has 0 aromatic heterocycles. The van der Waals surface area contributed by atoms with Crippen LogP contribution in [0.15, 0.2) is 0 Å². The predicted molar refractivity (Wildman–Crippen MR) is 94.4 cm³/mol. The first-order chi connectivity index (χ1) is 11.7. The van der Waals surface area contributed by atoms with Crippen LogP contribution in [0.5, 0.6) is 0 Å². The average molecular weight is 376 g/mol. The van der Waals surface area contributed by atoms with E-state index in [9.17, 15) is 19.5 Å². The SMILES string of the molecule is CC(C)C[C@H](NC(=O)[C@H](CC(C)C)NC(=O)C1CCCCC1)C(=O)[O-].[Na+]. The molecule has 7 heteroatoms. The number of amides is 2. The zero-order valence-corrected chi connectivity index (χ0v) is 19.0. The molecule has 144 valence electrons. The Morgan fingerprint density at radius 3 is 1.85 bits per heavy atom. The summed E-state index contributed by atoms with van der Waals surface area (Å²) in [6.45, 7) is 7.71. The number of rotatable bonds is 9. The molecule has 0 unspecified atom stereocenters. The van der Waals surface area contributed by atoms with Crippen LogP contribution in [0.2, 0.25) is 0 Å². The fourth-order valence-electron chi connectivity index (χ4n) is 3.32. The van der Waals surface area contributed by atoms with Gasteiger partial charge in [-0.1, -0.05) is 47.0 Å². The van der Waals surface area contributed by atoms with Gasteiger partial charge in [0.1, 0.15) is 6.04 Å². The van der Waals surface area contributed by atoms with Crippen molar-refractivity contribution in [2.24, 2.45) is 17.8 Å². The minimum atomic E-state index is -1.29. The van der Waals surface area contributed by atoms with Crippen LogP contribution >= 0.6 is 0 Å². The number of aliphatic carboxylic acids is 1. The molecule has 2 atom stereocenters. The summed E-state index contributed by atoms with van der Waals surface area (Å²) in [4.78, 5) is 36.3. The molecule has 1 fully saturated rings. The molecule has 26 heavy (non-hydrogen) atoms. The van der Waals surface area contributed by atoms with Crippen LogP contribution in [0, 0.1) is 17.8 Å². The minimum absolute atomic E-state index is 0. The fraction of sp³-hybridized carbons (Fsp3) is 0.842. The Kier molecular flexibility index (Phi) is 12.4. The maximum atomic E-state index is 12.6. The zero-order chi connectivity index (χ0) is 19.0. The Morgan fingerprint density at radius 2 is 1.38 bits per heavy atom. The summed E-state index contributed by atoms with van der Waals surface area (Å²) >= 11 is 0. The number of carboxylic acid groups (broad SMARTS) is 1. The van der Waals surface area contributed by atoms with Crippen molar-refractivity contribution in [2.75, 3.05) is 0 Å². The molecule has 6 nitrogen and oxygen atoms in total. The first-order valence-corrected chi connectivity index (χ1v) is 9.52. The molecule has 0 aliphatic heterocycles. The first-order valence-electron chi connectivity index (χ1n) is 9.52. The summed E-state index contributed by atoms with van der Waals surface area (Å²) in [6.07, 6.45) is 5.74. The van der Waals surface area contributed by atoms with Crippen LogP contribution in [0.1, 0.15) is 72.6 Å². The van der Waals surface area contributed by atoms with Gasteiger partial charge >= 0.3 is 29.6 Å². The van der Waals surface area contributed by atoms with Crippen LogP contribution in [-0.4, -0.2) is 29.9 Å². The molecule has 1 aliphatic carbocycles. The molecule has 0 saturated heterocycles. The fourth-order valence-corrected chi connectivity index (χ4v) is 3.32. The van der Waals surface area contributed by atoms with Crippen LogP contribution in [0.25, 0.3) is 0 Å². The predicted octanol–water partition coefficient (Wildman–Crippen LogP) is -1.62. The molecular weight excluding hydrogens is 343 g/mol. The Morgan fingerprint density at radius 1 is 0.885 bits per heavy atom. The van der Waals surface area contributed by atoms with Crippen molar-refractivity contribution in [1.29, 1.82) is 0 Å². The summed E-state index contributed by atoms with van der Waals surface area (Å²) in [6, 6.07) is -1.74. The molecular formula is C19H33N2NaO4. The quantitative estimate of drug-likeness (QED) is 0.473. The summed E-state index contributed by atoms with van der Waals surface area (Å²) in [7, 11) is 0. The maximum Gasteiger partial charge on any atom is 1.00 e. The van der Waals surface area contributed by atoms with Gasteiger partial charge in [0.2, 0.25) is 11.8 Å². The summed E-state index contributed by atoms with van der Waals surface area (Å²) in [5, 5.41) is 16.7. The Labute approximate surface area is 179 Å². The van der Waals surface area contributed by atoms with E-state index in [2.05, 4.69) is 10.6 Å². The van der Waals surface area contributed by atoms with Crippen molar-refractivity contribution >= 4 is 17.8 Å². The van der Waals surface area contributed by atoms with E-state index in [1.807, 2.05) is 27.7 Å². The zero-order valence-electron chi connectivity index (χ0n) is 17.0. The summed E-state index contributed by atoms with van der Waals surface area (Å²) < 4.78 is 0. The molecule has 0 bridgehead atoms. The molecule has 1 rings (SSSR count). The third-order valence-corrected chi connectivity index (χ3v) is 4.62. The van der Waals surface area contributed by atoms with Crippen LogP contribution < -0.4 is 45.3 Å². The normalized spacial score (nSPS) is 17.3. The van der Waals surface area contributed by atoms with Crippen LogP contribution in [-0.2, 0) is 14.4 Å². The van der Waals surface area contributed by atoms with Gasteiger partial charge in [0.15, 0.2) is 0 Å².